The number of aromatic nitrogens is 2. The van der Waals surface area contributed by atoms with E-state index in [1.54, 1.807) is 0 Å². The fourth-order valence-electron chi connectivity index (χ4n) is 3.94. The van der Waals surface area contributed by atoms with Crippen LogP contribution in [0.25, 0.3) is 10.9 Å². The zero-order chi connectivity index (χ0) is 19.1. The molecule has 2 atom stereocenters. The Morgan fingerprint density at radius 3 is 2.89 bits per heavy atom. The van der Waals surface area contributed by atoms with Crippen LogP contribution in [-0.4, -0.2) is 46.6 Å². The van der Waals surface area contributed by atoms with Gasteiger partial charge in [0.25, 0.3) is 0 Å². The average molecular weight is 477 g/mol. The third-order valence-corrected chi connectivity index (χ3v) is 7.11. The van der Waals surface area contributed by atoms with E-state index in [9.17, 15) is 9.50 Å². The van der Waals surface area contributed by atoms with E-state index in [4.69, 9.17) is 21.3 Å². The number of benzene rings is 1. The van der Waals surface area contributed by atoms with Crippen molar-refractivity contribution in [3.63, 3.8) is 0 Å². The van der Waals surface area contributed by atoms with Crippen LogP contribution in [0.4, 0.5) is 10.2 Å². The summed E-state index contributed by atoms with van der Waals surface area (Å²) in [5.41, 5.74) is 0.205. The summed E-state index contributed by atoms with van der Waals surface area (Å²) in [6.07, 6.45) is 6.04. The highest BCUT2D eigenvalue weighted by molar-refractivity contribution is 9.10. The molecule has 5 nitrogen and oxygen atoms in total. The van der Waals surface area contributed by atoms with Gasteiger partial charge in [0.1, 0.15) is 23.0 Å². The van der Waals surface area contributed by atoms with Gasteiger partial charge in [0.2, 0.25) is 0 Å². The Labute approximate surface area is 174 Å². The van der Waals surface area contributed by atoms with E-state index in [2.05, 4.69) is 25.8 Å². The third-order valence-electron chi connectivity index (χ3n) is 5.23. The van der Waals surface area contributed by atoms with Crippen LogP contribution in [0.1, 0.15) is 32.1 Å². The molecule has 2 aromatic rings. The first-order valence-corrected chi connectivity index (χ1v) is 11.4. The number of anilines is 1. The number of ether oxygens (including phenoxy) is 1. The molecular weight excluding hydrogens is 457 g/mol. The average Bonchev–Trinajstić information content (AvgIpc) is 3.00. The van der Waals surface area contributed by atoms with Gasteiger partial charge >= 0.3 is 0 Å². The van der Waals surface area contributed by atoms with Crippen LogP contribution in [0.2, 0.25) is 5.02 Å². The fourth-order valence-corrected chi connectivity index (χ4v) is 4.90. The molecule has 0 bridgehead atoms. The SMILES string of the molecule is CSc1nc2c3c(c(Cl)c(Br)c(F)c3n1)OCCN2C1CCCCC(O)C1. The summed E-state index contributed by atoms with van der Waals surface area (Å²) in [4.78, 5) is 11.2. The zero-order valence-corrected chi connectivity index (χ0v) is 18.0. The van der Waals surface area contributed by atoms with Gasteiger partial charge in [0, 0.05) is 6.04 Å². The highest BCUT2D eigenvalue weighted by Crippen LogP contribution is 2.46. The Balaban J connectivity index is 1.94. The molecule has 0 amide bonds. The fraction of sp³-hybridized carbons (Fsp3) is 0.556. The number of rotatable bonds is 2. The first-order chi connectivity index (χ1) is 13.0. The normalized spacial score (nSPS) is 23.1. The standard InChI is InChI=1S/C18H20BrClFN3O2S/c1-27-18-22-15-11-16(13(20)12(19)14(15)21)26-7-6-24(17(11)23-18)9-4-2-3-5-10(25)8-9/h9-10,25H,2-8H2,1H3. The van der Waals surface area contributed by atoms with Gasteiger partial charge in [-0.2, -0.15) is 0 Å². The smallest absolute Gasteiger partial charge is 0.189 e. The molecule has 2 aliphatic rings. The Morgan fingerprint density at radius 2 is 2.11 bits per heavy atom. The lowest BCUT2D eigenvalue weighted by molar-refractivity contribution is 0.150. The second-order valence-electron chi connectivity index (χ2n) is 6.90. The van der Waals surface area contributed by atoms with Crippen LogP contribution in [0.5, 0.6) is 5.75 Å². The maximum Gasteiger partial charge on any atom is 0.189 e. The van der Waals surface area contributed by atoms with Gasteiger partial charge in [-0.05, 0) is 41.4 Å². The molecular formula is C18H20BrClFN3O2S. The molecule has 0 radical (unpaired) electrons. The number of hydrogen-bond acceptors (Lipinski definition) is 6. The lowest BCUT2D eigenvalue weighted by atomic mass is 10.0. The predicted molar refractivity (Wildman–Crippen MR) is 110 cm³/mol. The van der Waals surface area contributed by atoms with E-state index >= 15 is 0 Å². The number of aliphatic hydroxyl groups is 1. The van der Waals surface area contributed by atoms with Crippen molar-refractivity contribution < 1.29 is 14.2 Å². The van der Waals surface area contributed by atoms with Gasteiger partial charge < -0.3 is 14.7 Å². The van der Waals surface area contributed by atoms with Crippen molar-refractivity contribution in [3.05, 3.63) is 15.3 Å². The summed E-state index contributed by atoms with van der Waals surface area (Å²) >= 11 is 11.0. The number of hydrogen-bond donors (Lipinski definition) is 1. The molecule has 0 spiro atoms. The molecule has 1 fully saturated rings. The van der Waals surface area contributed by atoms with Crippen molar-refractivity contribution in [2.24, 2.45) is 0 Å². The highest BCUT2D eigenvalue weighted by Gasteiger charge is 2.32. The first kappa shape index (κ1) is 19.5. The summed E-state index contributed by atoms with van der Waals surface area (Å²) < 4.78 is 21.1. The molecule has 0 saturated heterocycles. The lowest BCUT2D eigenvalue weighted by Crippen LogP contribution is -2.39. The lowest BCUT2D eigenvalue weighted by Gasteiger charge is -2.32. The minimum atomic E-state index is -0.510. The van der Waals surface area contributed by atoms with Gasteiger partial charge in [-0.15, -0.1) is 0 Å². The molecule has 146 valence electrons. The summed E-state index contributed by atoms with van der Waals surface area (Å²) in [5, 5.41) is 11.5. The van der Waals surface area contributed by atoms with Crippen molar-refractivity contribution in [1.29, 1.82) is 0 Å². The van der Waals surface area contributed by atoms with Crippen molar-refractivity contribution >= 4 is 56.0 Å². The van der Waals surface area contributed by atoms with E-state index in [1.807, 2.05) is 6.26 Å². The van der Waals surface area contributed by atoms with E-state index in [1.165, 1.54) is 11.8 Å². The van der Waals surface area contributed by atoms with Gasteiger partial charge in [0.05, 0.1) is 22.5 Å². The van der Waals surface area contributed by atoms with E-state index in [0.29, 0.717) is 41.7 Å². The van der Waals surface area contributed by atoms with Crippen LogP contribution in [0, 0.1) is 5.82 Å². The van der Waals surface area contributed by atoms with Crippen LogP contribution in [0.3, 0.4) is 0 Å². The Kier molecular flexibility index (Phi) is 5.69. The summed E-state index contributed by atoms with van der Waals surface area (Å²) in [7, 11) is 0. The summed E-state index contributed by atoms with van der Waals surface area (Å²) in [5.74, 6) is 0.549. The maximum absolute atomic E-state index is 15.0. The molecule has 4 rings (SSSR count). The molecule has 1 aromatic carbocycles. The molecule has 1 saturated carbocycles. The van der Waals surface area contributed by atoms with Crippen molar-refractivity contribution in [2.45, 2.75) is 49.4 Å². The number of halogens is 3. The predicted octanol–water partition coefficient (Wildman–Crippen LogP) is 4.80. The molecule has 2 unspecified atom stereocenters. The topological polar surface area (TPSA) is 58.5 Å². The van der Waals surface area contributed by atoms with Gasteiger partial charge in [-0.3, -0.25) is 0 Å². The molecule has 27 heavy (non-hydrogen) atoms. The molecule has 1 aliphatic heterocycles. The molecule has 1 aromatic heterocycles. The summed E-state index contributed by atoms with van der Waals surface area (Å²) in [6, 6.07) is 0.121. The minimum absolute atomic E-state index is 0.121. The van der Waals surface area contributed by atoms with Gasteiger partial charge in [0.15, 0.2) is 16.7 Å². The zero-order valence-electron chi connectivity index (χ0n) is 14.8. The van der Waals surface area contributed by atoms with Crippen LogP contribution >= 0.6 is 39.3 Å². The third kappa shape index (κ3) is 3.50. The van der Waals surface area contributed by atoms with Crippen LogP contribution in [0.15, 0.2) is 9.63 Å². The molecule has 1 aliphatic carbocycles. The van der Waals surface area contributed by atoms with Gasteiger partial charge in [-0.25, -0.2) is 14.4 Å². The monoisotopic (exact) mass is 475 g/mol. The van der Waals surface area contributed by atoms with Crippen molar-refractivity contribution in [3.8, 4) is 5.75 Å². The van der Waals surface area contributed by atoms with Crippen LogP contribution < -0.4 is 9.64 Å². The number of aliphatic hydroxyl groups excluding tert-OH is 1. The Morgan fingerprint density at radius 1 is 1.33 bits per heavy atom. The first-order valence-electron chi connectivity index (χ1n) is 9.01. The molecule has 9 heteroatoms. The highest BCUT2D eigenvalue weighted by atomic mass is 79.9. The number of nitrogens with zero attached hydrogens (tertiary/aromatic N) is 3. The Bertz CT molecular complexity index is 888. The Hall–Kier alpha value is -0.830. The summed E-state index contributed by atoms with van der Waals surface area (Å²) in [6.45, 7) is 1.01. The van der Waals surface area contributed by atoms with E-state index in [0.717, 1.165) is 25.7 Å². The van der Waals surface area contributed by atoms with E-state index < -0.39 is 5.82 Å². The second-order valence-corrected chi connectivity index (χ2v) is 8.84. The minimum Gasteiger partial charge on any atom is -0.489 e. The largest absolute Gasteiger partial charge is 0.489 e. The molecule has 2 heterocycles. The number of thioether (sulfide) groups is 1. The quantitative estimate of drug-likeness (QED) is 0.291. The second kappa shape index (κ2) is 7.89. The molecule has 1 N–H and O–H groups in total. The maximum atomic E-state index is 15.0. The van der Waals surface area contributed by atoms with Gasteiger partial charge in [-0.1, -0.05) is 36.2 Å². The van der Waals surface area contributed by atoms with Crippen molar-refractivity contribution in [2.75, 3.05) is 24.3 Å². The van der Waals surface area contributed by atoms with E-state index in [-0.39, 0.29) is 27.2 Å². The van der Waals surface area contributed by atoms with Crippen molar-refractivity contribution in [1.82, 2.24) is 9.97 Å². The van der Waals surface area contributed by atoms with Crippen LogP contribution in [-0.2, 0) is 0 Å².